The van der Waals surface area contributed by atoms with E-state index in [0.29, 0.717) is 6.42 Å². The molecule has 0 bridgehead atoms. The Morgan fingerprint density at radius 3 is 1.86 bits per heavy atom. The molecular weight excluding hydrogens is 354 g/mol. The van der Waals surface area contributed by atoms with Gasteiger partial charge in [-0.3, -0.25) is 4.79 Å². The maximum Gasteiger partial charge on any atom is 0.326 e. The smallest absolute Gasteiger partial charge is 0.326 e. The second-order valence-electron chi connectivity index (χ2n) is 7.61. The average Bonchev–Trinajstić information content (AvgIpc) is 2.67. The molecule has 0 saturated heterocycles. The largest absolute Gasteiger partial charge is 0.508 e. The molecule has 5 nitrogen and oxygen atoms in total. The summed E-state index contributed by atoms with van der Waals surface area (Å²) in [4.78, 5) is 23.4. The normalized spacial score (nSPS) is 11.9. The van der Waals surface area contributed by atoms with Crippen molar-refractivity contribution in [3.63, 3.8) is 0 Å². The van der Waals surface area contributed by atoms with Crippen molar-refractivity contribution in [3.8, 4) is 5.75 Å². The number of amides is 1. The number of carbonyl (C=O) groups is 2. The summed E-state index contributed by atoms with van der Waals surface area (Å²) in [5, 5.41) is 21.2. The Morgan fingerprint density at radius 2 is 1.36 bits per heavy atom. The van der Waals surface area contributed by atoms with Crippen LogP contribution in [0.4, 0.5) is 0 Å². The SMILES string of the molecule is CCCCCCCCCCCCCC(=O)N[C@H](Cc1ccc(O)cc1)C(=O)O. The lowest BCUT2D eigenvalue weighted by Gasteiger charge is -2.14. The predicted octanol–water partition coefficient (Wildman–Crippen LogP) is 5.21. The standard InChI is InChI=1S/C23H37NO4/c1-2-3-4-5-6-7-8-9-10-11-12-13-22(26)24-21(23(27)28)18-19-14-16-20(25)17-15-19/h14-17,21,25H,2-13,18H2,1H3,(H,24,26)(H,27,28)/t21-/m1/s1. The predicted molar refractivity (Wildman–Crippen MR) is 112 cm³/mol. The third-order valence-electron chi connectivity index (χ3n) is 5.02. The maximum atomic E-state index is 12.0. The van der Waals surface area contributed by atoms with Crippen LogP contribution in [0.2, 0.25) is 0 Å². The first-order valence-corrected chi connectivity index (χ1v) is 10.8. The monoisotopic (exact) mass is 391 g/mol. The fourth-order valence-corrected chi connectivity index (χ4v) is 3.28. The van der Waals surface area contributed by atoms with Gasteiger partial charge >= 0.3 is 5.97 Å². The second-order valence-corrected chi connectivity index (χ2v) is 7.61. The topological polar surface area (TPSA) is 86.6 Å². The van der Waals surface area contributed by atoms with Crippen LogP contribution in [0.5, 0.6) is 5.75 Å². The van der Waals surface area contributed by atoms with Gasteiger partial charge < -0.3 is 15.5 Å². The lowest BCUT2D eigenvalue weighted by Crippen LogP contribution is -2.42. The van der Waals surface area contributed by atoms with E-state index in [1.165, 1.54) is 63.5 Å². The molecule has 0 radical (unpaired) electrons. The Bertz CT molecular complexity index is 556. The number of phenolic OH excluding ortho intramolecular Hbond substituents is 1. The molecule has 0 heterocycles. The van der Waals surface area contributed by atoms with Gasteiger partial charge in [0.25, 0.3) is 0 Å². The number of nitrogens with one attached hydrogen (secondary N) is 1. The number of carboxylic acid groups (broad SMARTS) is 1. The number of hydrogen-bond donors (Lipinski definition) is 3. The summed E-state index contributed by atoms with van der Waals surface area (Å²) in [6.07, 6.45) is 14.0. The van der Waals surface area contributed by atoms with Gasteiger partial charge in [0.2, 0.25) is 5.91 Å². The zero-order chi connectivity index (χ0) is 20.6. The minimum Gasteiger partial charge on any atom is -0.508 e. The van der Waals surface area contributed by atoms with Gasteiger partial charge in [-0.2, -0.15) is 0 Å². The quantitative estimate of drug-likeness (QED) is 0.338. The van der Waals surface area contributed by atoms with Crippen LogP contribution in [0.25, 0.3) is 0 Å². The van der Waals surface area contributed by atoms with E-state index in [-0.39, 0.29) is 18.1 Å². The lowest BCUT2D eigenvalue weighted by atomic mass is 10.0. The summed E-state index contributed by atoms with van der Waals surface area (Å²) < 4.78 is 0. The maximum absolute atomic E-state index is 12.0. The first-order valence-electron chi connectivity index (χ1n) is 10.8. The Kier molecular flexibility index (Phi) is 12.8. The molecule has 0 aliphatic carbocycles. The molecular formula is C23H37NO4. The Labute approximate surface area is 169 Å². The Balaban J connectivity index is 2.11. The number of aliphatic carboxylic acids is 1. The number of benzene rings is 1. The third-order valence-corrected chi connectivity index (χ3v) is 5.02. The number of phenols is 1. The summed E-state index contributed by atoms with van der Waals surface area (Å²) in [7, 11) is 0. The number of unbranched alkanes of at least 4 members (excludes halogenated alkanes) is 10. The molecule has 1 amide bonds. The van der Waals surface area contributed by atoms with Crippen molar-refractivity contribution in [1.29, 1.82) is 0 Å². The average molecular weight is 392 g/mol. The van der Waals surface area contributed by atoms with Crippen LogP contribution in [-0.2, 0) is 16.0 Å². The molecule has 0 aliphatic rings. The van der Waals surface area contributed by atoms with Gasteiger partial charge in [0, 0.05) is 12.8 Å². The number of rotatable bonds is 16. The molecule has 1 atom stereocenters. The number of aromatic hydroxyl groups is 1. The first-order chi connectivity index (χ1) is 13.5. The van der Waals surface area contributed by atoms with Crippen LogP contribution in [0, 0.1) is 0 Å². The van der Waals surface area contributed by atoms with E-state index in [1.54, 1.807) is 12.1 Å². The second kappa shape index (κ2) is 14.9. The molecule has 1 rings (SSSR count). The summed E-state index contributed by atoms with van der Waals surface area (Å²) in [6.45, 7) is 2.23. The molecule has 3 N–H and O–H groups in total. The molecule has 0 saturated carbocycles. The number of carbonyl (C=O) groups excluding carboxylic acids is 1. The van der Waals surface area contributed by atoms with Gasteiger partial charge in [-0.1, -0.05) is 83.3 Å². The Morgan fingerprint density at radius 1 is 0.857 bits per heavy atom. The summed E-state index contributed by atoms with van der Waals surface area (Å²) in [5.41, 5.74) is 0.764. The van der Waals surface area contributed by atoms with Gasteiger partial charge in [0.1, 0.15) is 11.8 Å². The van der Waals surface area contributed by atoms with Crippen molar-refractivity contribution in [1.82, 2.24) is 5.32 Å². The van der Waals surface area contributed by atoms with Gasteiger partial charge in [0.05, 0.1) is 0 Å². The van der Waals surface area contributed by atoms with Crippen LogP contribution in [0.15, 0.2) is 24.3 Å². The molecule has 1 aromatic carbocycles. The van der Waals surface area contributed by atoms with E-state index in [4.69, 9.17) is 0 Å². The fraction of sp³-hybridized carbons (Fsp3) is 0.652. The minimum absolute atomic E-state index is 0.135. The molecule has 158 valence electrons. The minimum atomic E-state index is -1.04. The van der Waals surface area contributed by atoms with Crippen molar-refractivity contribution < 1.29 is 19.8 Å². The highest BCUT2D eigenvalue weighted by Crippen LogP contribution is 2.13. The highest BCUT2D eigenvalue weighted by atomic mass is 16.4. The van der Waals surface area contributed by atoms with Gasteiger partial charge in [-0.25, -0.2) is 4.79 Å². The highest BCUT2D eigenvalue weighted by molar-refractivity contribution is 5.83. The molecule has 0 fully saturated rings. The number of carboxylic acids is 1. The van der Waals surface area contributed by atoms with Crippen LogP contribution in [0.1, 0.15) is 89.5 Å². The van der Waals surface area contributed by atoms with E-state index >= 15 is 0 Å². The van der Waals surface area contributed by atoms with E-state index in [9.17, 15) is 19.8 Å². The highest BCUT2D eigenvalue weighted by Gasteiger charge is 2.20. The van der Waals surface area contributed by atoms with Crippen molar-refractivity contribution in [2.75, 3.05) is 0 Å². The summed E-state index contributed by atoms with van der Waals surface area (Å²) in [5.74, 6) is -1.11. The zero-order valence-electron chi connectivity index (χ0n) is 17.3. The summed E-state index contributed by atoms with van der Waals surface area (Å²) in [6, 6.07) is 5.43. The fourth-order valence-electron chi connectivity index (χ4n) is 3.28. The van der Waals surface area contributed by atoms with Gasteiger partial charge in [-0.05, 0) is 24.1 Å². The van der Waals surface area contributed by atoms with E-state index in [0.717, 1.165) is 24.8 Å². The van der Waals surface area contributed by atoms with Gasteiger partial charge in [-0.15, -0.1) is 0 Å². The molecule has 0 unspecified atom stereocenters. The molecule has 0 spiro atoms. The van der Waals surface area contributed by atoms with Crippen molar-refractivity contribution in [3.05, 3.63) is 29.8 Å². The van der Waals surface area contributed by atoms with Crippen LogP contribution in [-0.4, -0.2) is 28.1 Å². The van der Waals surface area contributed by atoms with Crippen LogP contribution < -0.4 is 5.32 Å². The third kappa shape index (κ3) is 11.6. The molecule has 1 aromatic rings. The van der Waals surface area contributed by atoms with E-state index in [2.05, 4.69) is 12.2 Å². The molecule has 0 aliphatic heterocycles. The molecule has 28 heavy (non-hydrogen) atoms. The first kappa shape index (κ1) is 24.0. The number of hydrogen-bond acceptors (Lipinski definition) is 3. The lowest BCUT2D eigenvalue weighted by molar-refractivity contribution is -0.141. The van der Waals surface area contributed by atoms with Crippen LogP contribution in [0.3, 0.4) is 0 Å². The van der Waals surface area contributed by atoms with E-state index in [1.807, 2.05) is 0 Å². The molecule has 5 heteroatoms. The Hall–Kier alpha value is -2.04. The van der Waals surface area contributed by atoms with Crippen molar-refractivity contribution in [2.24, 2.45) is 0 Å². The van der Waals surface area contributed by atoms with E-state index < -0.39 is 12.0 Å². The summed E-state index contributed by atoms with van der Waals surface area (Å²) >= 11 is 0. The van der Waals surface area contributed by atoms with Crippen molar-refractivity contribution >= 4 is 11.9 Å². The van der Waals surface area contributed by atoms with Crippen molar-refractivity contribution in [2.45, 2.75) is 96.4 Å². The van der Waals surface area contributed by atoms with Gasteiger partial charge in [0.15, 0.2) is 0 Å². The molecule has 0 aromatic heterocycles. The zero-order valence-corrected chi connectivity index (χ0v) is 17.3. The van der Waals surface area contributed by atoms with Crippen LogP contribution >= 0.6 is 0 Å².